The SMILES string of the molecule is Cc1c(N)cccc1-c1noc(-c2ccc(COc3ccc(F)cc3)o2)n1. The highest BCUT2D eigenvalue weighted by Gasteiger charge is 2.16. The van der Waals surface area contributed by atoms with E-state index in [1.807, 2.05) is 25.1 Å². The largest absolute Gasteiger partial charge is 0.486 e. The Morgan fingerprint density at radius 3 is 2.70 bits per heavy atom. The van der Waals surface area contributed by atoms with Crippen molar-refractivity contribution in [2.75, 3.05) is 5.73 Å². The second kappa shape index (κ2) is 6.95. The summed E-state index contributed by atoms with van der Waals surface area (Å²) in [6, 6.07) is 14.8. The number of anilines is 1. The van der Waals surface area contributed by atoms with Gasteiger partial charge in [0.25, 0.3) is 5.89 Å². The summed E-state index contributed by atoms with van der Waals surface area (Å²) in [5, 5.41) is 4.01. The molecule has 0 amide bonds. The van der Waals surface area contributed by atoms with Crippen LogP contribution in [0.3, 0.4) is 0 Å². The van der Waals surface area contributed by atoms with Crippen LogP contribution in [0.2, 0.25) is 0 Å². The maximum atomic E-state index is 12.9. The van der Waals surface area contributed by atoms with Crippen LogP contribution in [0.1, 0.15) is 11.3 Å². The Labute approximate surface area is 154 Å². The number of ether oxygens (including phenoxy) is 1. The number of nitrogens with two attached hydrogens (primary N) is 1. The lowest BCUT2D eigenvalue weighted by molar-refractivity contribution is 0.270. The zero-order chi connectivity index (χ0) is 18.8. The first-order valence-electron chi connectivity index (χ1n) is 8.27. The molecule has 136 valence electrons. The zero-order valence-electron chi connectivity index (χ0n) is 14.5. The van der Waals surface area contributed by atoms with E-state index >= 15 is 0 Å². The molecular weight excluding hydrogens is 349 g/mol. The molecule has 2 N–H and O–H groups in total. The van der Waals surface area contributed by atoms with Gasteiger partial charge in [-0.3, -0.25) is 0 Å². The van der Waals surface area contributed by atoms with Crippen LogP contribution < -0.4 is 10.5 Å². The second-order valence-corrected chi connectivity index (χ2v) is 5.95. The minimum absolute atomic E-state index is 0.195. The van der Waals surface area contributed by atoms with Gasteiger partial charge in [-0.1, -0.05) is 17.3 Å². The molecule has 0 spiro atoms. The molecule has 7 heteroatoms. The van der Waals surface area contributed by atoms with Crippen molar-refractivity contribution in [1.29, 1.82) is 0 Å². The summed E-state index contributed by atoms with van der Waals surface area (Å²) in [6.07, 6.45) is 0. The van der Waals surface area contributed by atoms with E-state index in [9.17, 15) is 4.39 Å². The smallest absolute Gasteiger partial charge is 0.293 e. The first-order valence-corrected chi connectivity index (χ1v) is 8.27. The van der Waals surface area contributed by atoms with Gasteiger partial charge in [0.15, 0.2) is 5.76 Å². The van der Waals surface area contributed by atoms with Gasteiger partial charge in [0.2, 0.25) is 5.82 Å². The number of nitrogens with zero attached hydrogens (tertiary/aromatic N) is 2. The van der Waals surface area contributed by atoms with Crippen molar-refractivity contribution in [1.82, 2.24) is 10.1 Å². The first kappa shape index (κ1) is 16.8. The Morgan fingerprint density at radius 1 is 1.07 bits per heavy atom. The summed E-state index contributed by atoms with van der Waals surface area (Å²) < 4.78 is 29.5. The molecular formula is C20H16FN3O3. The fraction of sp³-hybridized carbons (Fsp3) is 0.100. The highest BCUT2D eigenvalue weighted by atomic mass is 19.1. The van der Waals surface area contributed by atoms with Gasteiger partial charge in [-0.2, -0.15) is 4.98 Å². The number of aromatic nitrogens is 2. The third kappa shape index (κ3) is 3.52. The van der Waals surface area contributed by atoms with E-state index in [1.165, 1.54) is 12.1 Å². The van der Waals surface area contributed by atoms with Crippen molar-refractivity contribution < 1.29 is 18.1 Å². The van der Waals surface area contributed by atoms with Crippen LogP contribution in [-0.4, -0.2) is 10.1 Å². The summed E-state index contributed by atoms with van der Waals surface area (Å²) in [6.45, 7) is 2.10. The Bertz CT molecular complexity index is 1070. The molecule has 2 heterocycles. The van der Waals surface area contributed by atoms with E-state index in [1.54, 1.807) is 24.3 Å². The quantitative estimate of drug-likeness (QED) is 0.520. The predicted octanol–water partition coefficient (Wildman–Crippen LogP) is 4.61. The molecule has 0 aliphatic rings. The standard InChI is InChI=1S/C20H16FN3O3/c1-12-16(3-2-4-17(12)22)19-23-20(27-24-19)18-10-9-15(26-18)11-25-14-7-5-13(21)6-8-14/h2-10H,11,22H2,1H3. The van der Waals surface area contributed by atoms with Crippen LogP contribution >= 0.6 is 0 Å². The molecule has 0 atom stereocenters. The van der Waals surface area contributed by atoms with Gasteiger partial charge in [-0.05, 0) is 55.0 Å². The van der Waals surface area contributed by atoms with E-state index in [0.29, 0.717) is 28.8 Å². The predicted molar refractivity (Wildman–Crippen MR) is 97.3 cm³/mol. The van der Waals surface area contributed by atoms with E-state index in [0.717, 1.165) is 11.1 Å². The molecule has 0 radical (unpaired) electrons. The molecule has 0 bridgehead atoms. The Balaban J connectivity index is 1.49. The summed E-state index contributed by atoms with van der Waals surface area (Å²) in [5.41, 5.74) is 8.28. The highest BCUT2D eigenvalue weighted by Crippen LogP contribution is 2.28. The van der Waals surface area contributed by atoms with Gasteiger partial charge >= 0.3 is 0 Å². The lowest BCUT2D eigenvalue weighted by Crippen LogP contribution is -1.93. The molecule has 27 heavy (non-hydrogen) atoms. The van der Waals surface area contributed by atoms with Crippen LogP contribution in [0.5, 0.6) is 5.75 Å². The molecule has 0 saturated heterocycles. The van der Waals surface area contributed by atoms with Gasteiger partial charge in [-0.25, -0.2) is 4.39 Å². The number of rotatable bonds is 5. The van der Waals surface area contributed by atoms with Gasteiger partial charge in [0.05, 0.1) is 0 Å². The monoisotopic (exact) mass is 365 g/mol. The van der Waals surface area contributed by atoms with E-state index < -0.39 is 0 Å². The molecule has 0 aliphatic heterocycles. The van der Waals surface area contributed by atoms with Crippen molar-refractivity contribution in [3.8, 4) is 28.8 Å². The Kier molecular flexibility index (Phi) is 4.33. The maximum Gasteiger partial charge on any atom is 0.293 e. The van der Waals surface area contributed by atoms with Crippen molar-refractivity contribution in [3.05, 3.63) is 71.7 Å². The fourth-order valence-electron chi connectivity index (χ4n) is 2.58. The Morgan fingerprint density at radius 2 is 1.89 bits per heavy atom. The second-order valence-electron chi connectivity index (χ2n) is 5.95. The number of furan rings is 1. The number of nitrogen functional groups attached to an aromatic ring is 1. The molecule has 4 rings (SSSR count). The molecule has 0 aliphatic carbocycles. The highest BCUT2D eigenvalue weighted by molar-refractivity contribution is 5.68. The van der Waals surface area contributed by atoms with Crippen LogP contribution in [0.15, 0.2) is 63.5 Å². The van der Waals surface area contributed by atoms with Crippen LogP contribution in [0, 0.1) is 12.7 Å². The molecule has 2 aromatic carbocycles. The Hall–Kier alpha value is -3.61. The third-order valence-corrected chi connectivity index (χ3v) is 4.11. The summed E-state index contributed by atoms with van der Waals surface area (Å²) in [5.74, 6) is 1.95. The normalized spacial score (nSPS) is 10.9. The van der Waals surface area contributed by atoms with Gasteiger partial charge in [-0.15, -0.1) is 0 Å². The summed E-state index contributed by atoms with van der Waals surface area (Å²) >= 11 is 0. The molecule has 0 fully saturated rings. The minimum Gasteiger partial charge on any atom is -0.486 e. The van der Waals surface area contributed by atoms with Crippen LogP contribution in [-0.2, 0) is 6.61 Å². The molecule has 6 nitrogen and oxygen atoms in total. The van der Waals surface area contributed by atoms with Gasteiger partial charge in [0.1, 0.15) is 23.9 Å². The summed E-state index contributed by atoms with van der Waals surface area (Å²) in [4.78, 5) is 4.38. The number of hydrogen-bond donors (Lipinski definition) is 1. The minimum atomic E-state index is -0.315. The van der Waals surface area contributed by atoms with Crippen molar-refractivity contribution in [2.45, 2.75) is 13.5 Å². The molecule has 0 saturated carbocycles. The van der Waals surface area contributed by atoms with Crippen molar-refractivity contribution in [2.24, 2.45) is 0 Å². The molecule has 0 unspecified atom stereocenters. The average molecular weight is 365 g/mol. The number of halogens is 1. The van der Waals surface area contributed by atoms with E-state index in [4.69, 9.17) is 19.4 Å². The van der Waals surface area contributed by atoms with E-state index in [-0.39, 0.29) is 18.3 Å². The lowest BCUT2D eigenvalue weighted by atomic mass is 10.1. The van der Waals surface area contributed by atoms with Crippen molar-refractivity contribution in [3.63, 3.8) is 0 Å². The van der Waals surface area contributed by atoms with Gasteiger partial charge in [0, 0.05) is 11.3 Å². The molecule has 2 aromatic heterocycles. The van der Waals surface area contributed by atoms with Gasteiger partial charge < -0.3 is 19.4 Å². The van der Waals surface area contributed by atoms with Crippen LogP contribution in [0.4, 0.5) is 10.1 Å². The number of benzene rings is 2. The third-order valence-electron chi connectivity index (χ3n) is 4.11. The lowest BCUT2D eigenvalue weighted by Gasteiger charge is -2.03. The first-order chi connectivity index (χ1) is 13.1. The average Bonchev–Trinajstić information content (AvgIpc) is 3.33. The topological polar surface area (TPSA) is 87.3 Å². The molecule has 4 aromatic rings. The maximum absolute atomic E-state index is 12.9. The zero-order valence-corrected chi connectivity index (χ0v) is 14.5. The van der Waals surface area contributed by atoms with E-state index in [2.05, 4.69) is 10.1 Å². The van der Waals surface area contributed by atoms with Crippen LogP contribution in [0.25, 0.3) is 23.0 Å². The summed E-state index contributed by atoms with van der Waals surface area (Å²) in [7, 11) is 0. The fourth-order valence-corrected chi connectivity index (χ4v) is 2.58. The number of hydrogen-bond acceptors (Lipinski definition) is 6. The van der Waals surface area contributed by atoms with Crippen molar-refractivity contribution >= 4 is 5.69 Å².